The Morgan fingerprint density at radius 3 is 2.45 bits per heavy atom. The van der Waals surface area contributed by atoms with E-state index in [4.69, 9.17) is 0 Å². The van der Waals surface area contributed by atoms with Gasteiger partial charge in [0.05, 0.1) is 0 Å². The molecule has 0 saturated carbocycles. The highest BCUT2D eigenvalue weighted by atomic mass is 32.2. The van der Waals surface area contributed by atoms with Crippen LogP contribution in [0.3, 0.4) is 0 Å². The molecule has 1 aliphatic heterocycles. The summed E-state index contributed by atoms with van der Waals surface area (Å²) in [5, 5.41) is 6.53. The van der Waals surface area contributed by atoms with Gasteiger partial charge in [-0.3, -0.25) is 0 Å². The summed E-state index contributed by atoms with van der Waals surface area (Å²) in [6.45, 7) is 6.83. The fourth-order valence-electron chi connectivity index (χ4n) is 0.896. The topological polar surface area (TPSA) is 0 Å². The second-order valence-electron chi connectivity index (χ2n) is 3.85. The number of allylic oxidation sites excluding steroid dienone is 1. The van der Waals surface area contributed by atoms with Gasteiger partial charge in [-0.05, 0) is 33.0 Å². The first-order chi connectivity index (χ1) is 5.08. The summed E-state index contributed by atoms with van der Waals surface area (Å²) in [6.07, 6.45) is 1.19. The Morgan fingerprint density at radius 1 is 1.27 bits per heavy atom. The van der Waals surface area contributed by atoms with Gasteiger partial charge in [-0.1, -0.05) is 20.8 Å². The summed E-state index contributed by atoms with van der Waals surface area (Å²) in [7, 11) is 0. The third-order valence-electron chi connectivity index (χ3n) is 1.26. The van der Waals surface area contributed by atoms with Gasteiger partial charge in [0, 0.05) is 0 Å². The molecule has 0 aliphatic carbocycles. The Bertz CT molecular complexity index is 184. The summed E-state index contributed by atoms with van der Waals surface area (Å²) < 4.78 is 0. The molecule has 0 bridgehead atoms. The van der Waals surface area contributed by atoms with Gasteiger partial charge < -0.3 is 0 Å². The molecule has 11 heavy (non-hydrogen) atoms. The van der Waals surface area contributed by atoms with Crippen LogP contribution in [0.5, 0.6) is 0 Å². The first kappa shape index (κ1) is 9.27. The lowest BCUT2D eigenvalue weighted by atomic mass is 9.92. The highest BCUT2D eigenvalue weighted by Crippen LogP contribution is 2.36. The summed E-state index contributed by atoms with van der Waals surface area (Å²) in [5.74, 6) is 0. The van der Waals surface area contributed by atoms with Gasteiger partial charge >= 0.3 is 0 Å². The van der Waals surface area contributed by atoms with Crippen LogP contribution in [0.25, 0.3) is 0 Å². The van der Waals surface area contributed by atoms with Gasteiger partial charge in [-0.15, -0.1) is 23.5 Å². The van der Waals surface area contributed by atoms with E-state index in [-0.39, 0.29) is 0 Å². The molecule has 0 atom stereocenters. The molecule has 0 saturated heterocycles. The van der Waals surface area contributed by atoms with Crippen molar-refractivity contribution in [3.63, 3.8) is 0 Å². The quantitative estimate of drug-likeness (QED) is 0.601. The molecular weight excluding hydrogens is 172 g/mol. The van der Waals surface area contributed by atoms with E-state index in [1.807, 2.05) is 11.8 Å². The van der Waals surface area contributed by atoms with Crippen LogP contribution in [-0.4, -0.2) is 0 Å². The fraction of sp³-hybridized carbons (Fsp3) is 0.556. The average molecular weight is 186 g/mol. The maximum atomic E-state index is 2.28. The lowest BCUT2D eigenvalue weighted by Gasteiger charge is -2.19. The molecule has 0 aromatic heterocycles. The van der Waals surface area contributed by atoms with Gasteiger partial charge in [0.25, 0.3) is 0 Å². The van der Waals surface area contributed by atoms with Crippen LogP contribution in [-0.2, 0) is 0 Å². The van der Waals surface area contributed by atoms with E-state index in [1.165, 1.54) is 11.3 Å². The summed E-state index contributed by atoms with van der Waals surface area (Å²) >= 11 is 3.63. The van der Waals surface area contributed by atoms with Crippen LogP contribution in [0.1, 0.15) is 27.2 Å². The van der Waals surface area contributed by atoms with E-state index in [2.05, 4.69) is 37.0 Å². The lowest BCUT2D eigenvalue weighted by Crippen LogP contribution is -2.04. The van der Waals surface area contributed by atoms with Crippen molar-refractivity contribution in [2.45, 2.75) is 27.2 Å². The Morgan fingerprint density at radius 2 is 2.00 bits per heavy atom. The van der Waals surface area contributed by atoms with Crippen LogP contribution in [0.4, 0.5) is 0 Å². The summed E-state index contributed by atoms with van der Waals surface area (Å²) in [4.78, 5) is 1.49. The van der Waals surface area contributed by atoms with Crippen molar-refractivity contribution in [3.05, 3.63) is 21.1 Å². The van der Waals surface area contributed by atoms with Crippen LogP contribution in [0.2, 0.25) is 0 Å². The Labute approximate surface area is 77.5 Å². The minimum Gasteiger partial charge on any atom is -0.105 e. The number of hydrogen-bond donors (Lipinski definition) is 0. The van der Waals surface area contributed by atoms with Crippen molar-refractivity contribution in [1.82, 2.24) is 0 Å². The molecule has 1 rings (SSSR count). The van der Waals surface area contributed by atoms with E-state index in [0.29, 0.717) is 5.41 Å². The summed E-state index contributed by atoms with van der Waals surface area (Å²) in [5.41, 5.74) is 0.421. The van der Waals surface area contributed by atoms with Gasteiger partial charge in [-0.2, -0.15) is 0 Å². The Kier molecular flexibility index (Phi) is 3.14. The maximum Gasteiger partial charge on any atom is -0.00367 e. The molecule has 62 valence electrons. The van der Waals surface area contributed by atoms with Gasteiger partial charge in [0.2, 0.25) is 0 Å². The Balaban J connectivity index is 2.44. The molecule has 0 unspecified atom stereocenters. The number of hydrogen-bond acceptors (Lipinski definition) is 2. The van der Waals surface area contributed by atoms with Gasteiger partial charge in [0.1, 0.15) is 0 Å². The van der Waals surface area contributed by atoms with Crippen LogP contribution in [0, 0.1) is 5.41 Å². The van der Waals surface area contributed by atoms with E-state index < -0.39 is 0 Å². The minimum atomic E-state index is 0.421. The van der Waals surface area contributed by atoms with Crippen molar-refractivity contribution >= 4 is 23.5 Å². The largest absolute Gasteiger partial charge is 0.105 e. The molecule has 2 heteroatoms. The first-order valence-electron chi connectivity index (χ1n) is 3.74. The lowest BCUT2D eigenvalue weighted by molar-refractivity contribution is 0.418. The fourth-order valence-corrected chi connectivity index (χ4v) is 2.77. The number of rotatable bonds is 1. The van der Waals surface area contributed by atoms with E-state index in [9.17, 15) is 0 Å². The molecule has 0 fully saturated rings. The van der Waals surface area contributed by atoms with Gasteiger partial charge in [0.15, 0.2) is 0 Å². The van der Waals surface area contributed by atoms with Crippen molar-refractivity contribution in [3.8, 4) is 0 Å². The molecule has 0 amide bonds. The molecule has 0 spiro atoms. The van der Waals surface area contributed by atoms with Crippen molar-refractivity contribution in [2.75, 3.05) is 0 Å². The highest BCUT2D eigenvalue weighted by Gasteiger charge is 2.13. The standard InChI is InChI=1S/C9H14S2/c1-9(2,3)6-8-7-10-4-5-11-8/h4-5,7H,6H2,1-3H3. The minimum absolute atomic E-state index is 0.421. The monoisotopic (exact) mass is 186 g/mol. The van der Waals surface area contributed by atoms with Crippen molar-refractivity contribution < 1.29 is 0 Å². The zero-order valence-electron chi connectivity index (χ0n) is 7.26. The zero-order valence-corrected chi connectivity index (χ0v) is 8.89. The molecular formula is C9H14S2. The third kappa shape index (κ3) is 3.92. The van der Waals surface area contributed by atoms with E-state index in [0.717, 1.165) is 0 Å². The van der Waals surface area contributed by atoms with Crippen molar-refractivity contribution in [2.24, 2.45) is 5.41 Å². The zero-order chi connectivity index (χ0) is 8.32. The predicted molar refractivity (Wildman–Crippen MR) is 56.5 cm³/mol. The maximum absolute atomic E-state index is 2.28. The second-order valence-corrected chi connectivity index (χ2v) is 5.66. The predicted octanol–water partition coefficient (Wildman–Crippen LogP) is 4.22. The molecule has 1 heterocycles. The van der Waals surface area contributed by atoms with Crippen molar-refractivity contribution in [1.29, 1.82) is 0 Å². The summed E-state index contributed by atoms with van der Waals surface area (Å²) in [6, 6.07) is 0. The molecule has 1 aliphatic rings. The molecule has 0 aromatic rings. The molecule has 0 nitrogen and oxygen atoms in total. The smallest absolute Gasteiger partial charge is 0.00367 e. The van der Waals surface area contributed by atoms with Crippen LogP contribution >= 0.6 is 23.5 Å². The average Bonchev–Trinajstić information content (AvgIpc) is 1.85. The van der Waals surface area contributed by atoms with E-state index in [1.54, 1.807) is 11.8 Å². The molecule has 0 N–H and O–H groups in total. The number of thioether (sulfide) groups is 2. The first-order valence-corrected chi connectivity index (χ1v) is 5.56. The van der Waals surface area contributed by atoms with E-state index >= 15 is 0 Å². The van der Waals surface area contributed by atoms with Crippen LogP contribution in [0.15, 0.2) is 21.1 Å². The van der Waals surface area contributed by atoms with Gasteiger partial charge in [-0.25, -0.2) is 0 Å². The van der Waals surface area contributed by atoms with Crippen LogP contribution < -0.4 is 0 Å². The normalized spacial score (nSPS) is 18.3. The SMILES string of the molecule is CC(C)(C)CC1=CSC=CS1. The Hall–Kier alpha value is 0.180. The second kappa shape index (κ2) is 3.72. The highest BCUT2D eigenvalue weighted by molar-refractivity contribution is 8.11. The third-order valence-corrected chi connectivity index (χ3v) is 3.13. The molecule has 0 radical (unpaired) electrons. The molecule has 0 aromatic carbocycles.